The average Bonchev–Trinajstić information content (AvgIpc) is 2.64. The second-order valence-electron chi connectivity index (χ2n) is 2.96. The summed E-state index contributed by atoms with van der Waals surface area (Å²) in [5, 5.41) is 16.9. The molecule has 7 heteroatoms. The monoisotopic (exact) mass is 251 g/mol. The van der Waals surface area contributed by atoms with Crippen molar-refractivity contribution >= 4 is 28.9 Å². The van der Waals surface area contributed by atoms with Gasteiger partial charge in [-0.25, -0.2) is 4.98 Å². The number of rotatable bonds is 3. The lowest BCUT2D eigenvalue weighted by atomic mass is 10.3. The van der Waals surface area contributed by atoms with Crippen molar-refractivity contribution in [3.63, 3.8) is 0 Å². The van der Waals surface area contributed by atoms with Gasteiger partial charge in [-0.2, -0.15) is 0 Å². The summed E-state index contributed by atoms with van der Waals surface area (Å²) in [4.78, 5) is 4.19. The third-order valence-electron chi connectivity index (χ3n) is 1.75. The lowest BCUT2D eigenvalue weighted by molar-refractivity contribution is 0.980. The van der Waals surface area contributed by atoms with Crippen molar-refractivity contribution in [2.45, 2.75) is 16.3 Å². The summed E-state index contributed by atoms with van der Waals surface area (Å²) in [5.41, 5.74) is 6.10. The predicted octanol–water partition coefficient (Wildman–Crippen LogP) is 1.68. The largest absolute Gasteiger partial charge is 0.384 e. The topological polar surface area (TPSA) is 88.5 Å². The Kier molecular flexibility index (Phi) is 3.16. The van der Waals surface area contributed by atoms with Crippen molar-refractivity contribution in [2.75, 3.05) is 0 Å². The first kappa shape index (κ1) is 11.0. The number of aromatic nitrogens is 3. The van der Waals surface area contributed by atoms with Crippen LogP contribution >= 0.6 is 23.1 Å². The van der Waals surface area contributed by atoms with Crippen LogP contribution < -0.4 is 5.73 Å². The number of nitrogens with one attached hydrogen (secondary N) is 1. The molecule has 2 heterocycles. The van der Waals surface area contributed by atoms with Crippen LogP contribution in [-0.4, -0.2) is 21.0 Å². The summed E-state index contributed by atoms with van der Waals surface area (Å²) >= 11 is 2.87. The van der Waals surface area contributed by atoms with Gasteiger partial charge in [0.05, 0.1) is 0 Å². The highest BCUT2D eigenvalue weighted by Gasteiger charge is 2.10. The standard InChI is InChI=1S/C9H9N5S2/c1-5-13-14-9(15-5)16-8-6(7(10)11)3-2-4-12-8/h2-4H,1H3,(H3,10,11). The van der Waals surface area contributed by atoms with E-state index in [0.717, 1.165) is 9.35 Å². The highest BCUT2D eigenvalue weighted by molar-refractivity contribution is 8.01. The van der Waals surface area contributed by atoms with Crippen molar-refractivity contribution in [1.29, 1.82) is 5.41 Å². The molecule has 2 rings (SSSR count). The molecule has 0 aromatic carbocycles. The zero-order valence-electron chi connectivity index (χ0n) is 8.47. The van der Waals surface area contributed by atoms with Gasteiger partial charge in [0, 0.05) is 11.8 Å². The van der Waals surface area contributed by atoms with Crippen molar-refractivity contribution in [3.8, 4) is 0 Å². The Morgan fingerprint density at radius 3 is 2.94 bits per heavy atom. The normalized spacial score (nSPS) is 10.3. The van der Waals surface area contributed by atoms with E-state index in [1.807, 2.05) is 6.92 Å². The second-order valence-corrected chi connectivity index (χ2v) is 5.38. The second kappa shape index (κ2) is 4.58. The molecule has 0 aliphatic heterocycles. The Bertz CT molecular complexity index is 522. The molecule has 82 valence electrons. The van der Waals surface area contributed by atoms with Gasteiger partial charge in [-0.3, -0.25) is 5.41 Å². The van der Waals surface area contributed by atoms with Gasteiger partial charge >= 0.3 is 0 Å². The van der Waals surface area contributed by atoms with E-state index in [2.05, 4.69) is 15.2 Å². The summed E-state index contributed by atoms with van der Waals surface area (Å²) in [6.45, 7) is 1.89. The van der Waals surface area contributed by atoms with E-state index in [9.17, 15) is 0 Å². The molecule has 0 bridgehead atoms. The van der Waals surface area contributed by atoms with Gasteiger partial charge in [0.2, 0.25) is 0 Å². The minimum absolute atomic E-state index is 0.0110. The number of hydrogen-bond donors (Lipinski definition) is 2. The maximum absolute atomic E-state index is 7.44. The molecule has 0 spiro atoms. The van der Waals surface area contributed by atoms with Gasteiger partial charge in [0.15, 0.2) is 4.34 Å². The molecule has 0 fully saturated rings. The third kappa shape index (κ3) is 2.37. The lowest BCUT2D eigenvalue weighted by Gasteiger charge is -2.03. The minimum Gasteiger partial charge on any atom is -0.384 e. The summed E-state index contributed by atoms with van der Waals surface area (Å²) < 4.78 is 0.804. The number of nitrogens with two attached hydrogens (primary N) is 1. The smallest absolute Gasteiger partial charge is 0.180 e. The average molecular weight is 251 g/mol. The van der Waals surface area contributed by atoms with Gasteiger partial charge in [-0.1, -0.05) is 11.3 Å². The molecule has 0 unspecified atom stereocenters. The van der Waals surface area contributed by atoms with Crippen LogP contribution in [0.1, 0.15) is 10.6 Å². The Labute approximate surface area is 101 Å². The van der Waals surface area contributed by atoms with Crippen LogP contribution in [0.5, 0.6) is 0 Å². The first-order valence-corrected chi connectivity index (χ1v) is 6.07. The Morgan fingerprint density at radius 2 is 2.31 bits per heavy atom. The number of nitrogens with zero attached hydrogens (tertiary/aromatic N) is 3. The van der Waals surface area contributed by atoms with Gasteiger partial charge in [0.1, 0.15) is 15.9 Å². The molecular weight excluding hydrogens is 242 g/mol. The van der Waals surface area contributed by atoms with Crippen molar-refractivity contribution in [1.82, 2.24) is 15.2 Å². The SMILES string of the molecule is Cc1nnc(Sc2ncccc2C(=N)N)s1. The summed E-state index contributed by atoms with van der Waals surface area (Å²) in [6, 6.07) is 3.53. The predicted molar refractivity (Wildman–Crippen MR) is 64.0 cm³/mol. The van der Waals surface area contributed by atoms with Crippen LogP contribution in [0.15, 0.2) is 27.7 Å². The molecule has 2 aromatic heterocycles. The van der Waals surface area contributed by atoms with Gasteiger partial charge < -0.3 is 5.73 Å². The molecule has 0 radical (unpaired) electrons. The lowest BCUT2D eigenvalue weighted by Crippen LogP contribution is -2.12. The van der Waals surface area contributed by atoms with Crippen molar-refractivity contribution < 1.29 is 0 Å². The maximum atomic E-state index is 7.44. The number of amidine groups is 1. The molecule has 16 heavy (non-hydrogen) atoms. The molecule has 0 amide bonds. The van der Waals surface area contributed by atoms with E-state index in [1.165, 1.54) is 23.1 Å². The van der Waals surface area contributed by atoms with E-state index in [1.54, 1.807) is 18.3 Å². The zero-order chi connectivity index (χ0) is 11.5. The third-order valence-corrected chi connectivity index (χ3v) is 3.66. The molecule has 3 N–H and O–H groups in total. The fourth-order valence-corrected chi connectivity index (χ4v) is 2.91. The van der Waals surface area contributed by atoms with Crippen LogP contribution in [-0.2, 0) is 0 Å². The molecule has 2 aromatic rings. The van der Waals surface area contributed by atoms with E-state index in [0.29, 0.717) is 10.6 Å². The number of aryl methyl sites for hydroxylation is 1. The maximum Gasteiger partial charge on any atom is 0.180 e. The first-order chi connectivity index (χ1) is 7.66. The van der Waals surface area contributed by atoms with Crippen molar-refractivity contribution in [3.05, 3.63) is 28.9 Å². The molecular formula is C9H9N5S2. The van der Waals surface area contributed by atoms with Gasteiger partial charge in [-0.05, 0) is 30.8 Å². The molecule has 0 aliphatic carbocycles. The molecule has 5 nitrogen and oxygen atoms in total. The minimum atomic E-state index is 0.0110. The summed E-state index contributed by atoms with van der Waals surface area (Å²) in [5.74, 6) is 0.0110. The molecule has 0 saturated carbocycles. The molecule has 0 aliphatic rings. The quantitative estimate of drug-likeness (QED) is 0.640. The van der Waals surface area contributed by atoms with Crippen LogP contribution in [0.2, 0.25) is 0 Å². The first-order valence-electron chi connectivity index (χ1n) is 4.44. The highest BCUT2D eigenvalue weighted by Crippen LogP contribution is 2.30. The van der Waals surface area contributed by atoms with Crippen LogP contribution in [0.3, 0.4) is 0 Å². The Balaban J connectivity index is 2.31. The fourth-order valence-electron chi connectivity index (χ4n) is 1.08. The number of pyridine rings is 1. The Morgan fingerprint density at radius 1 is 1.50 bits per heavy atom. The number of nitrogen functional groups attached to an aromatic ring is 1. The zero-order valence-corrected chi connectivity index (χ0v) is 10.1. The van der Waals surface area contributed by atoms with Gasteiger partial charge in [-0.15, -0.1) is 10.2 Å². The van der Waals surface area contributed by atoms with E-state index >= 15 is 0 Å². The molecule has 0 atom stereocenters. The van der Waals surface area contributed by atoms with Gasteiger partial charge in [0.25, 0.3) is 0 Å². The summed E-state index contributed by atoms with van der Waals surface area (Å²) in [6.07, 6.45) is 1.67. The fraction of sp³-hybridized carbons (Fsp3) is 0.111. The van der Waals surface area contributed by atoms with Crippen LogP contribution in [0, 0.1) is 12.3 Å². The highest BCUT2D eigenvalue weighted by atomic mass is 32.2. The van der Waals surface area contributed by atoms with Crippen LogP contribution in [0.4, 0.5) is 0 Å². The van der Waals surface area contributed by atoms with E-state index in [4.69, 9.17) is 11.1 Å². The van der Waals surface area contributed by atoms with Crippen molar-refractivity contribution in [2.24, 2.45) is 5.73 Å². The molecule has 0 saturated heterocycles. The van der Waals surface area contributed by atoms with E-state index < -0.39 is 0 Å². The summed E-state index contributed by atoms with van der Waals surface area (Å²) in [7, 11) is 0. The van der Waals surface area contributed by atoms with Crippen LogP contribution in [0.25, 0.3) is 0 Å². The Hall–Kier alpha value is -1.47. The van der Waals surface area contributed by atoms with E-state index in [-0.39, 0.29) is 5.84 Å². The number of hydrogen-bond acceptors (Lipinski definition) is 6.